The first kappa shape index (κ1) is 10.4. The van der Waals surface area contributed by atoms with E-state index in [0.29, 0.717) is 5.92 Å². The van der Waals surface area contributed by atoms with Crippen LogP contribution in [0.4, 0.5) is 4.79 Å². The van der Waals surface area contributed by atoms with Crippen LogP contribution < -0.4 is 16.6 Å². The second-order valence-corrected chi connectivity index (χ2v) is 5.95. The summed E-state index contributed by atoms with van der Waals surface area (Å²) in [4.78, 5) is 11.1. The molecule has 4 N–H and O–H groups in total. The highest BCUT2D eigenvalue weighted by molar-refractivity contribution is 5.72. The molecule has 0 aliphatic heterocycles. The van der Waals surface area contributed by atoms with Gasteiger partial charge in [-0.25, -0.2) is 10.6 Å². The molecule has 0 radical (unpaired) electrons. The maximum absolute atomic E-state index is 11.1. The van der Waals surface area contributed by atoms with Gasteiger partial charge in [-0.15, -0.1) is 0 Å². The Labute approximate surface area is 96.3 Å². The highest BCUT2D eigenvalue weighted by Crippen LogP contribution is 2.56. The maximum Gasteiger partial charge on any atom is 0.328 e. The topological polar surface area (TPSA) is 67.1 Å². The third-order valence-electron chi connectivity index (χ3n) is 5.05. The van der Waals surface area contributed by atoms with E-state index in [1.54, 1.807) is 0 Å². The monoisotopic (exact) mass is 223 g/mol. The predicted octanol–water partition coefficient (Wildman–Crippen LogP) is 1.23. The van der Waals surface area contributed by atoms with Crippen molar-refractivity contribution in [1.29, 1.82) is 0 Å². The summed E-state index contributed by atoms with van der Waals surface area (Å²) < 4.78 is 0. The molecule has 4 bridgehead atoms. The Bertz CT molecular complexity index is 264. The zero-order valence-corrected chi connectivity index (χ0v) is 9.61. The highest BCUT2D eigenvalue weighted by Gasteiger charge is 2.47. The SMILES string of the molecule is NNC(=O)NCC1C2CC3CC(C2)CC1C3. The van der Waals surface area contributed by atoms with Gasteiger partial charge in [0.05, 0.1) is 0 Å². The summed E-state index contributed by atoms with van der Waals surface area (Å²) in [5.41, 5.74) is 2.14. The van der Waals surface area contributed by atoms with Crippen molar-refractivity contribution in [1.82, 2.24) is 10.7 Å². The van der Waals surface area contributed by atoms with Crippen LogP contribution in [-0.2, 0) is 0 Å². The maximum atomic E-state index is 11.1. The number of urea groups is 1. The molecule has 0 heterocycles. The second kappa shape index (κ2) is 3.91. The molecule has 4 saturated carbocycles. The summed E-state index contributed by atoms with van der Waals surface area (Å²) in [6.07, 6.45) is 7.11. The molecule has 4 rings (SSSR count). The number of nitrogens with one attached hydrogen (secondary N) is 2. The number of carbonyl (C=O) groups is 1. The molecule has 90 valence electrons. The van der Waals surface area contributed by atoms with Gasteiger partial charge in [-0.3, -0.25) is 5.43 Å². The molecule has 4 fully saturated rings. The Morgan fingerprint density at radius 3 is 2.12 bits per heavy atom. The number of carbonyl (C=O) groups excluding carboxylic acids is 1. The summed E-state index contributed by atoms with van der Waals surface area (Å²) in [6, 6.07) is -0.242. The number of hydrogen-bond donors (Lipinski definition) is 3. The normalized spacial score (nSPS) is 44.4. The van der Waals surface area contributed by atoms with Gasteiger partial charge in [-0.1, -0.05) is 0 Å². The Hall–Kier alpha value is -0.770. The van der Waals surface area contributed by atoms with E-state index in [4.69, 9.17) is 5.84 Å². The van der Waals surface area contributed by atoms with Gasteiger partial charge in [0.25, 0.3) is 0 Å². The molecule has 16 heavy (non-hydrogen) atoms. The third kappa shape index (κ3) is 1.69. The first-order chi connectivity index (χ1) is 7.76. The quantitative estimate of drug-likeness (QED) is 0.374. The van der Waals surface area contributed by atoms with Crippen molar-refractivity contribution < 1.29 is 4.79 Å². The van der Waals surface area contributed by atoms with Crippen molar-refractivity contribution in [2.45, 2.75) is 32.1 Å². The van der Waals surface area contributed by atoms with E-state index in [1.165, 1.54) is 32.1 Å². The van der Waals surface area contributed by atoms with E-state index in [0.717, 1.165) is 30.2 Å². The van der Waals surface area contributed by atoms with Crippen molar-refractivity contribution in [3.63, 3.8) is 0 Å². The average Bonchev–Trinajstić information content (AvgIpc) is 2.26. The van der Waals surface area contributed by atoms with E-state index in [1.807, 2.05) is 0 Å². The lowest BCUT2D eigenvalue weighted by molar-refractivity contribution is -0.0343. The number of rotatable bonds is 2. The number of nitrogens with two attached hydrogens (primary N) is 1. The molecule has 0 aromatic rings. The Morgan fingerprint density at radius 2 is 1.62 bits per heavy atom. The lowest BCUT2D eigenvalue weighted by Crippen LogP contribution is -2.50. The molecule has 0 atom stereocenters. The lowest BCUT2D eigenvalue weighted by atomic mass is 9.52. The molecule has 0 aromatic heterocycles. The summed E-state index contributed by atoms with van der Waals surface area (Å²) >= 11 is 0. The fraction of sp³-hybridized carbons (Fsp3) is 0.917. The van der Waals surface area contributed by atoms with Crippen molar-refractivity contribution in [2.75, 3.05) is 6.54 Å². The van der Waals surface area contributed by atoms with E-state index in [9.17, 15) is 4.79 Å². The Morgan fingerprint density at radius 1 is 1.06 bits per heavy atom. The number of hydrazine groups is 1. The fourth-order valence-electron chi connectivity index (χ4n) is 4.63. The van der Waals surface area contributed by atoms with Crippen LogP contribution in [0.2, 0.25) is 0 Å². The molecule has 4 heteroatoms. The van der Waals surface area contributed by atoms with Crippen molar-refractivity contribution >= 4 is 6.03 Å². The minimum Gasteiger partial charge on any atom is -0.337 e. The summed E-state index contributed by atoms with van der Waals surface area (Å²) in [7, 11) is 0. The summed E-state index contributed by atoms with van der Waals surface area (Å²) in [5, 5.41) is 2.89. The van der Waals surface area contributed by atoms with Crippen LogP contribution in [0.15, 0.2) is 0 Å². The highest BCUT2D eigenvalue weighted by atomic mass is 16.2. The standard InChI is InChI=1S/C12H21N3O/c13-15-12(16)14-6-11-9-2-7-1-8(4-9)5-10(11)3-7/h7-11H,1-6,13H2,(H2,14,15,16). The fourth-order valence-corrected chi connectivity index (χ4v) is 4.63. The van der Waals surface area contributed by atoms with Gasteiger partial charge in [0.1, 0.15) is 0 Å². The van der Waals surface area contributed by atoms with Crippen molar-refractivity contribution in [2.24, 2.45) is 35.4 Å². The molecule has 4 aliphatic rings. The van der Waals surface area contributed by atoms with E-state index in [-0.39, 0.29) is 6.03 Å². The van der Waals surface area contributed by atoms with Crippen LogP contribution in [0.3, 0.4) is 0 Å². The van der Waals surface area contributed by atoms with Crippen LogP contribution >= 0.6 is 0 Å². The average molecular weight is 223 g/mol. The molecular weight excluding hydrogens is 202 g/mol. The number of amides is 2. The van der Waals surface area contributed by atoms with E-state index in [2.05, 4.69) is 10.7 Å². The van der Waals surface area contributed by atoms with Gasteiger partial charge in [-0.2, -0.15) is 0 Å². The molecular formula is C12H21N3O. The first-order valence-electron chi connectivity index (χ1n) is 6.50. The van der Waals surface area contributed by atoms with Crippen molar-refractivity contribution in [3.05, 3.63) is 0 Å². The van der Waals surface area contributed by atoms with Crippen LogP contribution in [0.25, 0.3) is 0 Å². The zero-order chi connectivity index (χ0) is 11.1. The summed E-state index contributed by atoms with van der Waals surface area (Å²) in [6.45, 7) is 0.817. The van der Waals surface area contributed by atoms with Crippen molar-refractivity contribution in [3.8, 4) is 0 Å². The lowest BCUT2D eigenvalue weighted by Gasteiger charge is -2.54. The van der Waals surface area contributed by atoms with Gasteiger partial charge >= 0.3 is 6.03 Å². The van der Waals surface area contributed by atoms with Gasteiger partial charge < -0.3 is 5.32 Å². The molecule has 0 unspecified atom stereocenters. The van der Waals surface area contributed by atoms with E-state index >= 15 is 0 Å². The summed E-state index contributed by atoms with van der Waals surface area (Å²) in [5.74, 6) is 9.53. The third-order valence-corrected chi connectivity index (χ3v) is 5.05. The van der Waals surface area contributed by atoms with Crippen LogP contribution in [0.5, 0.6) is 0 Å². The number of hydrogen-bond acceptors (Lipinski definition) is 2. The smallest absolute Gasteiger partial charge is 0.328 e. The first-order valence-corrected chi connectivity index (χ1v) is 6.50. The van der Waals surface area contributed by atoms with Crippen LogP contribution in [0, 0.1) is 29.6 Å². The zero-order valence-electron chi connectivity index (χ0n) is 9.61. The molecule has 4 nitrogen and oxygen atoms in total. The second-order valence-electron chi connectivity index (χ2n) is 5.95. The van der Waals surface area contributed by atoms with Gasteiger partial charge in [-0.05, 0) is 61.7 Å². The molecule has 0 spiro atoms. The molecule has 0 aromatic carbocycles. The van der Waals surface area contributed by atoms with E-state index < -0.39 is 0 Å². The van der Waals surface area contributed by atoms with Gasteiger partial charge in [0.15, 0.2) is 0 Å². The minimum absolute atomic E-state index is 0.242. The Kier molecular flexibility index (Phi) is 2.54. The van der Waals surface area contributed by atoms with Crippen LogP contribution in [-0.4, -0.2) is 12.6 Å². The van der Waals surface area contributed by atoms with Gasteiger partial charge in [0, 0.05) is 6.54 Å². The predicted molar refractivity (Wildman–Crippen MR) is 61.3 cm³/mol. The Balaban J connectivity index is 1.61. The minimum atomic E-state index is -0.242. The largest absolute Gasteiger partial charge is 0.337 e. The molecule has 4 aliphatic carbocycles. The van der Waals surface area contributed by atoms with Crippen LogP contribution in [0.1, 0.15) is 32.1 Å². The molecule has 2 amide bonds. The molecule has 0 saturated heterocycles. The van der Waals surface area contributed by atoms with Gasteiger partial charge in [0.2, 0.25) is 0 Å².